The van der Waals surface area contributed by atoms with Crippen molar-refractivity contribution in [3.05, 3.63) is 0 Å². The zero-order valence-corrected chi connectivity index (χ0v) is 11.9. The van der Waals surface area contributed by atoms with Gasteiger partial charge in [0.1, 0.15) is 0 Å². The smallest absolute Gasteiger partial charge is 0.223 e. The predicted molar refractivity (Wildman–Crippen MR) is 74.4 cm³/mol. The molecule has 2 rings (SSSR count). The topological polar surface area (TPSA) is 41.1 Å². The van der Waals surface area contributed by atoms with E-state index in [1.807, 2.05) is 0 Å². The van der Waals surface area contributed by atoms with E-state index in [1.165, 1.54) is 32.1 Å². The predicted octanol–water partition coefficient (Wildman–Crippen LogP) is 2.46. The van der Waals surface area contributed by atoms with Crippen LogP contribution in [0.5, 0.6) is 0 Å². The van der Waals surface area contributed by atoms with Gasteiger partial charge in [-0.1, -0.05) is 13.3 Å². The van der Waals surface area contributed by atoms with Gasteiger partial charge < -0.3 is 10.6 Å². The summed E-state index contributed by atoms with van der Waals surface area (Å²) in [7, 11) is 0. The summed E-state index contributed by atoms with van der Waals surface area (Å²) >= 11 is 0. The molecule has 3 heteroatoms. The fourth-order valence-electron chi connectivity index (χ4n) is 3.40. The largest absolute Gasteiger partial charge is 0.353 e. The summed E-state index contributed by atoms with van der Waals surface area (Å²) in [6.45, 7) is 5.44. The lowest BCUT2D eigenvalue weighted by Gasteiger charge is -2.32. The molecule has 1 aliphatic carbocycles. The molecule has 2 atom stereocenters. The van der Waals surface area contributed by atoms with Crippen molar-refractivity contribution in [2.45, 2.75) is 70.9 Å². The molecule has 0 radical (unpaired) electrons. The van der Waals surface area contributed by atoms with E-state index in [1.54, 1.807) is 0 Å². The van der Waals surface area contributed by atoms with Crippen LogP contribution in [0.25, 0.3) is 0 Å². The normalized spacial score (nSPS) is 37.2. The van der Waals surface area contributed by atoms with Crippen molar-refractivity contribution in [3.8, 4) is 0 Å². The van der Waals surface area contributed by atoms with Crippen LogP contribution in [0.2, 0.25) is 0 Å². The van der Waals surface area contributed by atoms with E-state index in [2.05, 4.69) is 24.5 Å². The van der Waals surface area contributed by atoms with Crippen molar-refractivity contribution in [2.75, 3.05) is 6.54 Å². The van der Waals surface area contributed by atoms with Crippen LogP contribution in [0.15, 0.2) is 0 Å². The molecular weight excluding hydrogens is 224 g/mol. The van der Waals surface area contributed by atoms with Crippen molar-refractivity contribution in [1.82, 2.24) is 10.6 Å². The van der Waals surface area contributed by atoms with Crippen LogP contribution in [-0.2, 0) is 4.79 Å². The second kappa shape index (κ2) is 6.55. The van der Waals surface area contributed by atoms with E-state index >= 15 is 0 Å². The molecule has 1 saturated heterocycles. The maximum Gasteiger partial charge on any atom is 0.223 e. The standard InChI is InChI=1S/C15H28N2O/c1-3-12-4-6-14(7-5-12)17-15(18)13-8-9-16-11(2)10-13/h11-14,16H,3-10H2,1-2H3,(H,17,18)/t11-,12?,13-,14?/m0/s1. The molecule has 2 N–H and O–H groups in total. The molecule has 2 fully saturated rings. The van der Waals surface area contributed by atoms with Gasteiger partial charge in [0.05, 0.1) is 0 Å². The Balaban J connectivity index is 1.74. The van der Waals surface area contributed by atoms with Crippen molar-refractivity contribution in [1.29, 1.82) is 0 Å². The number of amides is 1. The van der Waals surface area contributed by atoms with Gasteiger partial charge in [0, 0.05) is 18.0 Å². The number of piperidine rings is 1. The number of carbonyl (C=O) groups excluding carboxylic acids is 1. The Bertz CT molecular complexity index is 272. The van der Waals surface area contributed by atoms with Crippen LogP contribution in [0.3, 0.4) is 0 Å². The van der Waals surface area contributed by atoms with Crippen LogP contribution < -0.4 is 10.6 Å². The monoisotopic (exact) mass is 252 g/mol. The van der Waals surface area contributed by atoms with E-state index in [-0.39, 0.29) is 5.92 Å². The number of hydrogen-bond donors (Lipinski definition) is 2. The minimum atomic E-state index is 0.241. The van der Waals surface area contributed by atoms with E-state index in [4.69, 9.17) is 0 Å². The summed E-state index contributed by atoms with van der Waals surface area (Å²) < 4.78 is 0. The molecule has 0 spiro atoms. The van der Waals surface area contributed by atoms with Gasteiger partial charge in [-0.25, -0.2) is 0 Å². The van der Waals surface area contributed by atoms with Gasteiger partial charge in [0.15, 0.2) is 0 Å². The van der Waals surface area contributed by atoms with Gasteiger partial charge in [-0.15, -0.1) is 0 Å². The lowest BCUT2D eigenvalue weighted by molar-refractivity contribution is -0.127. The summed E-state index contributed by atoms with van der Waals surface area (Å²) in [5.74, 6) is 1.45. The van der Waals surface area contributed by atoms with Gasteiger partial charge >= 0.3 is 0 Å². The Hall–Kier alpha value is -0.570. The molecular formula is C15H28N2O. The molecule has 0 aromatic carbocycles. The first-order valence-corrected chi connectivity index (χ1v) is 7.72. The van der Waals surface area contributed by atoms with Gasteiger partial charge in [-0.3, -0.25) is 4.79 Å². The minimum Gasteiger partial charge on any atom is -0.353 e. The highest BCUT2D eigenvalue weighted by Crippen LogP contribution is 2.27. The van der Waals surface area contributed by atoms with Gasteiger partial charge in [0.25, 0.3) is 0 Å². The van der Waals surface area contributed by atoms with Crippen molar-refractivity contribution in [3.63, 3.8) is 0 Å². The lowest BCUT2D eigenvalue weighted by atomic mass is 9.84. The Morgan fingerprint density at radius 3 is 2.56 bits per heavy atom. The maximum atomic E-state index is 12.2. The van der Waals surface area contributed by atoms with Crippen LogP contribution >= 0.6 is 0 Å². The van der Waals surface area contributed by atoms with Gasteiger partial charge in [0.2, 0.25) is 5.91 Å². The van der Waals surface area contributed by atoms with Crippen molar-refractivity contribution >= 4 is 5.91 Å². The maximum absolute atomic E-state index is 12.2. The fraction of sp³-hybridized carbons (Fsp3) is 0.933. The molecule has 0 unspecified atom stereocenters. The molecule has 0 aromatic rings. The highest BCUT2D eigenvalue weighted by Gasteiger charge is 2.27. The number of rotatable bonds is 3. The first-order valence-electron chi connectivity index (χ1n) is 7.72. The highest BCUT2D eigenvalue weighted by molar-refractivity contribution is 5.79. The molecule has 3 nitrogen and oxygen atoms in total. The molecule has 2 aliphatic rings. The fourth-order valence-corrected chi connectivity index (χ4v) is 3.40. The van der Waals surface area contributed by atoms with E-state index in [0.717, 1.165) is 25.3 Å². The molecule has 0 bridgehead atoms. The second-order valence-electron chi connectivity index (χ2n) is 6.21. The van der Waals surface area contributed by atoms with Crippen LogP contribution in [0, 0.1) is 11.8 Å². The Kier molecular flexibility index (Phi) is 5.04. The molecule has 1 saturated carbocycles. The zero-order valence-electron chi connectivity index (χ0n) is 11.9. The Morgan fingerprint density at radius 1 is 1.22 bits per heavy atom. The SMILES string of the molecule is CCC1CCC(NC(=O)[C@H]2CCN[C@@H](C)C2)CC1. The third-order valence-electron chi connectivity index (χ3n) is 4.76. The Labute approximate surface area is 111 Å². The molecule has 104 valence electrons. The number of nitrogens with one attached hydrogen (secondary N) is 2. The van der Waals surface area contributed by atoms with Gasteiger partial charge in [-0.05, 0) is 57.9 Å². The van der Waals surface area contributed by atoms with E-state index in [0.29, 0.717) is 18.0 Å². The summed E-state index contributed by atoms with van der Waals surface area (Å²) in [5, 5.41) is 6.69. The van der Waals surface area contributed by atoms with Crippen molar-refractivity contribution < 1.29 is 4.79 Å². The first kappa shape index (κ1) is 13.9. The average Bonchev–Trinajstić information content (AvgIpc) is 2.39. The summed E-state index contributed by atoms with van der Waals surface area (Å²) in [6.07, 6.45) is 8.26. The van der Waals surface area contributed by atoms with E-state index in [9.17, 15) is 4.79 Å². The van der Waals surface area contributed by atoms with Crippen LogP contribution in [-0.4, -0.2) is 24.5 Å². The van der Waals surface area contributed by atoms with Crippen LogP contribution in [0.4, 0.5) is 0 Å². The van der Waals surface area contributed by atoms with Gasteiger partial charge in [-0.2, -0.15) is 0 Å². The summed E-state index contributed by atoms with van der Waals surface area (Å²) in [4.78, 5) is 12.2. The molecule has 1 aliphatic heterocycles. The quantitative estimate of drug-likeness (QED) is 0.810. The minimum absolute atomic E-state index is 0.241. The van der Waals surface area contributed by atoms with Crippen LogP contribution in [0.1, 0.15) is 58.8 Å². The first-order chi connectivity index (χ1) is 8.69. The number of carbonyl (C=O) groups is 1. The molecule has 1 heterocycles. The van der Waals surface area contributed by atoms with Crippen molar-refractivity contribution in [2.24, 2.45) is 11.8 Å². The summed E-state index contributed by atoms with van der Waals surface area (Å²) in [5.41, 5.74) is 0. The number of hydrogen-bond acceptors (Lipinski definition) is 2. The third-order valence-corrected chi connectivity index (χ3v) is 4.76. The third kappa shape index (κ3) is 3.71. The molecule has 0 aromatic heterocycles. The second-order valence-corrected chi connectivity index (χ2v) is 6.21. The average molecular weight is 252 g/mol. The highest BCUT2D eigenvalue weighted by atomic mass is 16.1. The molecule has 18 heavy (non-hydrogen) atoms. The lowest BCUT2D eigenvalue weighted by Crippen LogP contribution is -2.46. The Morgan fingerprint density at radius 2 is 1.94 bits per heavy atom. The van der Waals surface area contributed by atoms with E-state index < -0.39 is 0 Å². The summed E-state index contributed by atoms with van der Waals surface area (Å²) in [6, 6.07) is 0.941. The zero-order chi connectivity index (χ0) is 13.0. The molecule has 1 amide bonds.